The first kappa shape index (κ1) is 79.5. The molecule has 0 saturated heterocycles. The number of carbonyl (C=O) groups is 2. The van der Waals surface area contributed by atoms with Crippen molar-refractivity contribution in [1.82, 2.24) is 39.9 Å². The number of ether oxygens (including phenoxy) is 4. The largest absolute Gasteiger partial charge is 2.00 e. The summed E-state index contributed by atoms with van der Waals surface area (Å²) in [6.07, 6.45) is 0. The summed E-state index contributed by atoms with van der Waals surface area (Å²) >= 11 is 0. The van der Waals surface area contributed by atoms with Crippen LogP contribution < -0.4 is 28.9 Å². The van der Waals surface area contributed by atoms with Crippen LogP contribution in [0.15, 0.2) is 218 Å². The van der Waals surface area contributed by atoms with Crippen molar-refractivity contribution in [2.75, 3.05) is 0 Å². The number of benzene rings is 10. The molecule has 0 fully saturated rings. The number of nitrogens with zero attached hydrogens (tertiary/aromatic N) is 12. The summed E-state index contributed by atoms with van der Waals surface area (Å²) < 4.78 is 24.8. The number of aryl methyl sites for hydroxylation is 4. The standard InChI is InChI=1S/C53H34N8O3.C15H10N2O.C8H4N2.2C2H4O2.CH3.Ar.2Zn/c1-29-9-6-12-32(23-29)62-35-17-20-40-43(26-35)52-57-48(40)55-46-38-15-4-5-16-39(38)47(54-46)56-51-44-27-36(63-33-13-7-10-30(2)24-33)18-21-41(44)49(58-51)60-53-45-28-37(19-22-42(45)50(59-52)61-53)64-34-14-8-11-31(3)25-34;1-11-5-4-6-12(9-11)18-13-7-8-14(16-2)15(10-13)17-3;9-5-7-3-1-2-4-8(7)6-10;2*1-2(3)4;;;;/h4-28H,1-3H3;4-10H,1H3;1-4H;2*1H3,(H,3,4);1H3;;;/q-2;;;;;-1;;;+2. The molecule has 0 saturated carbocycles. The van der Waals surface area contributed by atoms with Gasteiger partial charge in [0.2, 0.25) is 0 Å². The van der Waals surface area contributed by atoms with Gasteiger partial charge in [-0.25, -0.2) is 14.8 Å². The van der Waals surface area contributed by atoms with Crippen molar-refractivity contribution >= 4 is 67.4 Å². The molecule has 15 rings (SSSR count). The number of rotatable bonds is 8. The maximum absolute atomic E-state index is 9.00. The molecule has 20 nitrogen and oxygen atoms in total. The summed E-state index contributed by atoms with van der Waals surface area (Å²) in [5.41, 5.74) is 10.7. The molecule has 0 radical (unpaired) electrons. The summed E-state index contributed by atoms with van der Waals surface area (Å²) in [6.45, 7) is 24.2. The van der Waals surface area contributed by atoms with E-state index in [4.69, 9.17) is 102 Å². The smallest absolute Gasteiger partial charge is 0.481 e. The van der Waals surface area contributed by atoms with Crippen molar-refractivity contribution in [3.05, 3.63) is 282 Å². The minimum Gasteiger partial charge on any atom is -0.481 e. The third kappa shape index (κ3) is 19.8. The van der Waals surface area contributed by atoms with Gasteiger partial charge in [-0.15, -0.1) is 0 Å². The fraction of sp³-hybridized carbons (Fsp3) is 0.0741. The molecule has 3 aromatic heterocycles. The first-order valence-electron chi connectivity index (χ1n) is 30.8. The molecule has 504 valence electrons. The molecular weight excluding hydrogens is 1440 g/mol. The van der Waals surface area contributed by atoms with Crippen molar-refractivity contribution in [3.63, 3.8) is 0 Å². The van der Waals surface area contributed by atoms with E-state index in [0.29, 0.717) is 91.4 Å². The van der Waals surface area contributed by atoms with Crippen LogP contribution in [0.25, 0.3) is 99.4 Å². The maximum Gasteiger partial charge on any atom is 2.00 e. The van der Waals surface area contributed by atoms with E-state index < -0.39 is 11.9 Å². The number of nitriles is 2. The van der Waals surface area contributed by atoms with Gasteiger partial charge in [0.05, 0.1) is 47.6 Å². The number of hydrogen-bond acceptors (Lipinski definition) is 14. The Balaban J connectivity index is 0.000000311. The zero-order chi connectivity index (χ0) is 70.4. The Hall–Kier alpha value is -11.8. The van der Waals surface area contributed by atoms with E-state index in [1.807, 2.05) is 216 Å². The van der Waals surface area contributed by atoms with E-state index in [0.717, 1.165) is 103 Å². The number of aromatic nitrogens is 8. The van der Waals surface area contributed by atoms with Gasteiger partial charge in [0, 0.05) is 116 Å². The predicted octanol–water partition coefficient (Wildman–Crippen LogP) is 19.4. The van der Waals surface area contributed by atoms with Crippen molar-refractivity contribution in [2.24, 2.45) is 0 Å². The van der Waals surface area contributed by atoms with Gasteiger partial charge in [0.1, 0.15) is 58.1 Å². The van der Waals surface area contributed by atoms with Crippen LogP contribution in [0.2, 0.25) is 0 Å². The van der Waals surface area contributed by atoms with Crippen LogP contribution in [0.5, 0.6) is 46.0 Å². The molecule has 2 N–H and O–H groups in total. The molecule has 5 heterocycles. The molecule has 8 bridgehead atoms. The minimum absolute atomic E-state index is 0. The average molecular weight is 1500 g/mol. The first-order valence-corrected chi connectivity index (χ1v) is 30.8. The zero-order valence-electron chi connectivity index (χ0n) is 57.3. The van der Waals surface area contributed by atoms with Crippen molar-refractivity contribution in [2.45, 2.75) is 41.5 Å². The minimum atomic E-state index is -0.833. The Labute approximate surface area is 654 Å². The molecular formula is C81H59ArN12O8Zn2-. The van der Waals surface area contributed by atoms with Crippen LogP contribution >= 0.6 is 0 Å². The molecule has 23 heteroatoms. The van der Waals surface area contributed by atoms with Crippen LogP contribution in [0.1, 0.15) is 47.2 Å². The molecule has 0 atom stereocenters. The molecule has 2 aliphatic rings. The number of hydrogen-bond donors (Lipinski definition) is 2. The SMILES string of the molecule is CC(=O)O.CC(=O)O.Cc1cccc(Oc2ccc3c(c2)-c2nc-3nc3[n-]c(nc4nc(nc5[n-]c(n2)c2ccc(Oc6cccc(C)c6)cc52)-c2ccccc2-4)c2ccc(Oc4cccc(C)c4)cc32)c1.N#Cc1ccccc1C#N.[Ar].[C-]#[N+]c1ccc(Oc2cccc(C)c2)cc1[N+]#[C-].[CH3-].[Zn+2].[Zn]. The van der Waals surface area contributed by atoms with Gasteiger partial charge in [-0.1, -0.05) is 91.0 Å². The third-order valence-corrected chi connectivity index (χ3v) is 14.8. The van der Waals surface area contributed by atoms with E-state index in [9.17, 15) is 0 Å². The molecule has 104 heavy (non-hydrogen) atoms. The number of carboxylic acids is 2. The topological polar surface area (TPSA) is 273 Å². The Morgan fingerprint density at radius 2 is 0.683 bits per heavy atom. The summed E-state index contributed by atoms with van der Waals surface area (Å²) in [5, 5.41) is 34.7. The second-order valence-corrected chi connectivity index (χ2v) is 22.5. The quantitative estimate of drug-likeness (QED) is 0.106. The first-order chi connectivity index (χ1) is 48.4. The fourth-order valence-corrected chi connectivity index (χ4v) is 10.4. The maximum atomic E-state index is 9.00. The monoisotopic (exact) mass is 1500 g/mol. The van der Waals surface area contributed by atoms with E-state index >= 15 is 0 Å². The molecule has 0 spiro atoms. The normalized spacial score (nSPS) is 10.0. The van der Waals surface area contributed by atoms with Gasteiger partial charge in [-0.05, 0) is 199 Å². The molecule has 10 aromatic carbocycles. The Morgan fingerprint density at radius 1 is 0.385 bits per heavy atom. The van der Waals surface area contributed by atoms with Crippen LogP contribution in [0, 0.1) is 109 Å². The molecule has 0 unspecified atom stereocenters. The van der Waals surface area contributed by atoms with Crippen LogP contribution in [0.4, 0.5) is 11.4 Å². The third-order valence-electron chi connectivity index (χ3n) is 14.8. The van der Waals surface area contributed by atoms with E-state index in [-0.39, 0.29) is 84.1 Å². The Kier molecular flexibility index (Phi) is 28.0. The molecule has 0 aliphatic carbocycles. The second kappa shape index (κ2) is 36.7. The molecule has 2 aliphatic heterocycles. The summed E-state index contributed by atoms with van der Waals surface area (Å²) in [7, 11) is 0. The van der Waals surface area contributed by atoms with E-state index in [2.05, 4.69) is 9.69 Å². The van der Waals surface area contributed by atoms with Gasteiger partial charge in [-0.2, -0.15) is 10.5 Å². The Bertz CT molecular complexity index is 5610. The summed E-state index contributed by atoms with van der Waals surface area (Å²) in [4.78, 5) is 65.5. The van der Waals surface area contributed by atoms with Crippen molar-refractivity contribution in [3.8, 4) is 104 Å². The molecule has 13 aromatic rings. The van der Waals surface area contributed by atoms with Gasteiger partial charge < -0.3 is 66.5 Å². The molecule has 0 amide bonds. The van der Waals surface area contributed by atoms with Crippen LogP contribution in [-0.4, -0.2) is 52.1 Å². The predicted molar refractivity (Wildman–Crippen MR) is 387 cm³/mol. The number of aliphatic carboxylic acids is 2. The zero-order valence-corrected chi connectivity index (χ0v) is 63.9. The second-order valence-electron chi connectivity index (χ2n) is 22.5. The number of fused-ring (bicyclic) bond motifs is 20. The van der Waals surface area contributed by atoms with Gasteiger partial charge >= 0.3 is 19.5 Å². The number of carboxylic acid groups (broad SMARTS) is 2. The van der Waals surface area contributed by atoms with E-state index in [1.54, 1.807) is 42.5 Å². The Morgan fingerprint density at radius 3 is 1.04 bits per heavy atom. The van der Waals surface area contributed by atoms with Crippen LogP contribution in [0.3, 0.4) is 0 Å². The van der Waals surface area contributed by atoms with Gasteiger partial charge in [0.25, 0.3) is 11.9 Å². The van der Waals surface area contributed by atoms with E-state index in [1.165, 1.54) is 0 Å². The van der Waals surface area contributed by atoms with Gasteiger partial charge in [0.15, 0.2) is 11.4 Å². The fourth-order valence-electron chi connectivity index (χ4n) is 10.4. The average Bonchev–Trinajstić information content (AvgIpc) is 1.60. The van der Waals surface area contributed by atoms with Crippen LogP contribution in [-0.2, 0) is 48.5 Å². The summed E-state index contributed by atoms with van der Waals surface area (Å²) in [6, 6.07) is 72.2. The van der Waals surface area contributed by atoms with Crippen molar-refractivity contribution < 1.29 is 115 Å². The summed E-state index contributed by atoms with van der Waals surface area (Å²) in [5.74, 6) is 5.43. The van der Waals surface area contributed by atoms with Gasteiger partial charge in [-0.3, -0.25) is 14.4 Å². The van der Waals surface area contributed by atoms with Crippen molar-refractivity contribution in [1.29, 1.82) is 10.5 Å².